The average molecular weight is 346 g/mol. The molecule has 0 spiro atoms. The number of carbonyl (C=O) groups is 1. The van der Waals surface area contributed by atoms with E-state index in [9.17, 15) is 9.90 Å². The summed E-state index contributed by atoms with van der Waals surface area (Å²) in [6, 6.07) is 3.98. The molecule has 0 radical (unpaired) electrons. The standard InChI is InChI=1S/C19H26N2O4/c22-18(4-3-14-2-1-7-20-10-14)21-11-15-12-25-9-6-19(15,23)16-13-24-8-5-17(16)21/h1-2,7,10,15-17,23H,3-6,8-9,11-13H2/t15-,16+,17-,19-/m0/s1. The number of hydrogen-bond donors (Lipinski definition) is 1. The normalized spacial score (nSPS) is 34.9. The Morgan fingerprint density at radius 3 is 3.08 bits per heavy atom. The Kier molecular flexibility index (Phi) is 4.75. The number of fused-ring (bicyclic) bond motifs is 3. The van der Waals surface area contributed by atoms with Gasteiger partial charge in [0.2, 0.25) is 5.91 Å². The SMILES string of the molecule is O=C(CCc1cccnc1)N1C[C@H]2COCC[C@@]2(O)[C@@H]2COCC[C@@H]21. The van der Waals surface area contributed by atoms with Crippen LogP contribution in [0.25, 0.3) is 0 Å². The van der Waals surface area contributed by atoms with Crippen LogP contribution in [-0.4, -0.2) is 65.5 Å². The summed E-state index contributed by atoms with van der Waals surface area (Å²) >= 11 is 0. The summed E-state index contributed by atoms with van der Waals surface area (Å²) in [5.41, 5.74) is 0.317. The van der Waals surface area contributed by atoms with E-state index in [0.717, 1.165) is 12.0 Å². The molecule has 4 atom stereocenters. The molecule has 0 aliphatic carbocycles. The van der Waals surface area contributed by atoms with E-state index in [0.29, 0.717) is 52.2 Å². The molecule has 3 aliphatic heterocycles. The van der Waals surface area contributed by atoms with Gasteiger partial charge in [0.15, 0.2) is 0 Å². The maximum absolute atomic E-state index is 12.9. The fraction of sp³-hybridized carbons (Fsp3) is 0.684. The highest BCUT2D eigenvalue weighted by atomic mass is 16.5. The van der Waals surface area contributed by atoms with Crippen LogP contribution in [0.2, 0.25) is 0 Å². The highest BCUT2D eigenvalue weighted by Gasteiger charge is 2.56. The molecule has 3 aliphatic rings. The summed E-state index contributed by atoms with van der Waals surface area (Å²) in [4.78, 5) is 19.1. The minimum atomic E-state index is -0.760. The van der Waals surface area contributed by atoms with Gasteiger partial charge in [-0.1, -0.05) is 6.07 Å². The second-order valence-electron chi connectivity index (χ2n) is 7.46. The van der Waals surface area contributed by atoms with Crippen molar-refractivity contribution in [1.82, 2.24) is 9.88 Å². The van der Waals surface area contributed by atoms with Crippen molar-refractivity contribution in [1.29, 1.82) is 0 Å². The van der Waals surface area contributed by atoms with Gasteiger partial charge in [-0.25, -0.2) is 0 Å². The van der Waals surface area contributed by atoms with E-state index >= 15 is 0 Å². The number of ether oxygens (including phenoxy) is 2. The number of nitrogens with zero attached hydrogens (tertiary/aromatic N) is 2. The lowest BCUT2D eigenvalue weighted by molar-refractivity contribution is -0.219. The molecular weight excluding hydrogens is 320 g/mol. The first-order chi connectivity index (χ1) is 12.2. The number of aliphatic hydroxyl groups is 1. The molecule has 3 saturated heterocycles. The Labute approximate surface area is 148 Å². The van der Waals surface area contributed by atoms with E-state index in [1.807, 2.05) is 23.2 Å². The van der Waals surface area contributed by atoms with E-state index in [1.54, 1.807) is 6.20 Å². The van der Waals surface area contributed by atoms with E-state index in [4.69, 9.17) is 9.47 Å². The van der Waals surface area contributed by atoms with Crippen molar-refractivity contribution in [2.75, 3.05) is 33.0 Å². The number of hydrogen-bond acceptors (Lipinski definition) is 5. The van der Waals surface area contributed by atoms with Gasteiger partial charge in [-0.2, -0.15) is 0 Å². The van der Waals surface area contributed by atoms with Crippen LogP contribution in [0.5, 0.6) is 0 Å². The largest absolute Gasteiger partial charge is 0.389 e. The lowest BCUT2D eigenvalue weighted by Crippen LogP contribution is -2.68. The third-order valence-electron chi connectivity index (χ3n) is 6.12. The van der Waals surface area contributed by atoms with Gasteiger partial charge in [0.25, 0.3) is 0 Å². The second-order valence-corrected chi connectivity index (χ2v) is 7.46. The Balaban J connectivity index is 1.49. The molecule has 4 heterocycles. The number of amides is 1. The summed E-state index contributed by atoms with van der Waals surface area (Å²) in [5, 5.41) is 11.3. The number of likely N-dealkylation sites (tertiary alicyclic amines) is 1. The third-order valence-corrected chi connectivity index (χ3v) is 6.12. The van der Waals surface area contributed by atoms with Crippen LogP contribution < -0.4 is 0 Å². The van der Waals surface area contributed by atoms with E-state index in [2.05, 4.69) is 4.98 Å². The molecule has 0 unspecified atom stereocenters. The molecule has 4 rings (SSSR count). The van der Waals surface area contributed by atoms with Gasteiger partial charge in [0.1, 0.15) is 0 Å². The number of pyridine rings is 1. The van der Waals surface area contributed by atoms with Crippen molar-refractivity contribution in [2.24, 2.45) is 11.8 Å². The minimum Gasteiger partial charge on any atom is -0.389 e. The number of aromatic nitrogens is 1. The maximum Gasteiger partial charge on any atom is 0.223 e. The Bertz CT molecular complexity index is 611. The summed E-state index contributed by atoms with van der Waals surface area (Å²) in [5.74, 6) is 0.131. The van der Waals surface area contributed by atoms with Crippen molar-refractivity contribution in [3.63, 3.8) is 0 Å². The monoisotopic (exact) mass is 346 g/mol. The van der Waals surface area contributed by atoms with Crippen LogP contribution in [0.15, 0.2) is 24.5 Å². The number of rotatable bonds is 3. The molecule has 6 heteroatoms. The Hall–Kier alpha value is -1.50. The predicted molar refractivity (Wildman–Crippen MR) is 90.9 cm³/mol. The summed E-state index contributed by atoms with van der Waals surface area (Å²) in [6.45, 7) is 2.88. The molecule has 0 saturated carbocycles. The number of carbonyl (C=O) groups excluding carboxylic acids is 1. The van der Waals surface area contributed by atoms with Crippen molar-refractivity contribution in [3.05, 3.63) is 30.1 Å². The Morgan fingerprint density at radius 1 is 1.36 bits per heavy atom. The van der Waals surface area contributed by atoms with Gasteiger partial charge in [-0.3, -0.25) is 9.78 Å². The third kappa shape index (κ3) is 3.18. The first kappa shape index (κ1) is 16.9. The van der Waals surface area contributed by atoms with Crippen LogP contribution in [0.1, 0.15) is 24.8 Å². The molecule has 0 bridgehead atoms. The fourth-order valence-electron chi connectivity index (χ4n) is 4.69. The van der Waals surface area contributed by atoms with E-state index in [1.165, 1.54) is 0 Å². The van der Waals surface area contributed by atoms with Gasteiger partial charge in [-0.05, 0) is 24.5 Å². The first-order valence-electron chi connectivity index (χ1n) is 9.25. The summed E-state index contributed by atoms with van der Waals surface area (Å²) in [6.07, 6.45) is 6.17. The van der Waals surface area contributed by atoms with Crippen LogP contribution in [0, 0.1) is 11.8 Å². The summed E-state index contributed by atoms with van der Waals surface area (Å²) in [7, 11) is 0. The van der Waals surface area contributed by atoms with E-state index < -0.39 is 5.60 Å². The minimum absolute atomic E-state index is 0.00811. The highest BCUT2D eigenvalue weighted by molar-refractivity contribution is 5.77. The topological polar surface area (TPSA) is 71.9 Å². The molecular formula is C19H26N2O4. The lowest BCUT2D eigenvalue weighted by atomic mass is 9.66. The van der Waals surface area contributed by atoms with Crippen molar-refractivity contribution in [2.45, 2.75) is 37.3 Å². The molecule has 1 aromatic heterocycles. The van der Waals surface area contributed by atoms with Crippen LogP contribution in [0.4, 0.5) is 0 Å². The zero-order valence-corrected chi connectivity index (χ0v) is 14.5. The zero-order valence-electron chi connectivity index (χ0n) is 14.5. The molecule has 3 fully saturated rings. The van der Waals surface area contributed by atoms with Crippen LogP contribution >= 0.6 is 0 Å². The highest BCUT2D eigenvalue weighted by Crippen LogP contribution is 2.44. The van der Waals surface area contributed by atoms with Gasteiger partial charge in [0.05, 0.1) is 18.8 Å². The molecule has 25 heavy (non-hydrogen) atoms. The van der Waals surface area contributed by atoms with Gasteiger partial charge < -0.3 is 19.5 Å². The van der Waals surface area contributed by atoms with Crippen molar-refractivity contribution < 1.29 is 19.4 Å². The van der Waals surface area contributed by atoms with Gasteiger partial charge in [0, 0.05) is 62.9 Å². The molecule has 0 aromatic carbocycles. The Morgan fingerprint density at radius 2 is 2.24 bits per heavy atom. The molecule has 1 aromatic rings. The molecule has 1 amide bonds. The lowest BCUT2D eigenvalue weighted by Gasteiger charge is -2.57. The smallest absolute Gasteiger partial charge is 0.223 e. The number of piperidine rings is 1. The average Bonchev–Trinajstić information content (AvgIpc) is 2.66. The molecule has 1 N–H and O–H groups in total. The fourth-order valence-corrected chi connectivity index (χ4v) is 4.69. The number of aryl methyl sites for hydroxylation is 1. The molecule has 136 valence electrons. The first-order valence-corrected chi connectivity index (χ1v) is 9.25. The van der Waals surface area contributed by atoms with Gasteiger partial charge >= 0.3 is 0 Å². The predicted octanol–water partition coefficient (Wildman–Crippen LogP) is 1.03. The van der Waals surface area contributed by atoms with Crippen LogP contribution in [0.3, 0.4) is 0 Å². The summed E-state index contributed by atoms with van der Waals surface area (Å²) < 4.78 is 11.3. The van der Waals surface area contributed by atoms with E-state index in [-0.39, 0.29) is 23.8 Å². The van der Waals surface area contributed by atoms with Crippen LogP contribution in [-0.2, 0) is 20.7 Å². The van der Waals surface area contributed by atoms with Crippen molar-refractivity contribution >= 4 is 5.91 Å². The second kappa shape index (κ2) is 7.02. The van der Waals surface area contributed by atoms with Gasteiger partial charge in [-0.15, -0.1) is 0 Å². The molecule has 6 nitrogen and oxygen atoms in total. The maximum atomic E-state index is 12.9. The zero-order chi connectivity index (χ0) is 17.3. The van der Waals surface area contributed by atoms with Crippen molar-refractivity contribution in [3.8, 4) is 0 Å². The quantitative estimate of drug-likeness (QED) is 0.885.